The van der Waals surface area contributed by atoms with Crippen molar-refractivity contribution in [2.45, 2.75) is 13.3 Å². The summed E-state index contributed by atoms with van der Waals surface area (Å²) >= 11 is -0.328. The van der Waals surface area contributed by atoms with Crippen LogP contribution in [0.15, 0.2) is 101 Å². The molecule has 3 aromatic rings. The van der Waals surface area contributed by atoms with Gasteiger partial charge in [0.05, 0.1) is 0 Å². The van der Waals surface area contributed by atoms with Gasteiger partial charge in [-0.1, -0.05) is 0 Å². The molecule has 0 saturated carbocycles. The van der Waals surface area contributed by atoms with Gasteiger partial charge in [0.15, 0.2) is 0 Å². The fourth-order valence-corrected chi connectivity index (χ4v) is 4.97. The van der Waals surface area contributed by atoms with Crippen molar-refractivity contribution in [2.24, 2.45) is 0 Å². The van der Waals surface area contributed by atoms with Gasteiger partial charge in [-0.3, -0.25) is 0 Å². The number of hydrogen-bond acceptors (Lipinski definition) is 3. The Bertz CT molecular complexity index is 980. The molecule has 29 heavy (non-hydrogen) atoms. The van der Waals surface area contributed by atoms with Crippen molar-refractivity contribution in [3.63, 3.8) is 0 Å². The normalized spacial score (nSPS) is 11.5. The summed E-state index contributed by atoms with van der Waals surface area (Å²) in [6.07, 6.45) is 0.363. The summed E-state index contributed by atoms with van der Waals surface area (Å²) in [6.45, 7) is 2.04. The van der Waals surface area contributed by atoms with Gasteiger partial charge in [0.1, 0.15) is 0 Å². The molecular formula is C25H22O3Se. The van der Waals surface area contributed by atoms with E-state index in [1.54, 1.807) is 19.1 Å². The number of allylic oxidation sites excluding steroid dienone is 1. The molecule has 0 fully saturated rings. The van der Waals surface area contributed by atoms with Gasteiger partial charge in [-0.05, 0) is 0 Å². The zero-order valence-corrected chi connectivity index (χ0v) is 17.9. The van der Waals surface area contributed by atoms with E-state index in [1.165, 1.54) is 0 Å². The molecule has 3 aromatic carbocycles. The first-order valence-electron chi connectivity index (χ1n) is 9.46. The molecule has 4 heteroatoms. The number of carbonyl (C=O) groups is 2. The van der Waals surface area contributed by atoms with Crippen molar-refractivity contribution in [1.29, 1.82) is 0 Å². The number of carbonyl (C=O) groups excluding carboxylic acids is 2. The van der Waals surface area contributed by atoms with Gasteiger partial charge >= 0.3 is 178 Å². The van der Waals surface area contributed by atoms with Crippen LogP contribution < -0.4 is 4.46 Å². The molecule has 0 radical (unpaired) electrons. The van der Waals surface area contributed by atoms with Crippen molar-refractivity contribution in [2.75, 3.05) is 6.61 Å². The van der Waals surface area contributed by atoms with Gasteiger partial charge in [-0.25, -0.2) is 0 Å². The molecule has 0 spiro atoms. The zero-order valence-electron chi connectivity index (χ0n) is 16.2. The predicted octanol–water partition coefficient (Wildman–Crippen LogP) is 3.96. The van der Waals surface area contributed by atoms with Gasteiger partial charge in [0.2, 0.25) is 0 Å². The summed E-state index contributed by atoms with van der Waals surface area (Å²) in [6, 6.07) is 28.6. The average molecular weight is 449 g/mol. The Balaban J connectivity index is 2.11. The molecule has 0 aliphatic heterocycles. The van der Waals surface area contributed by atoms with Gasteiger partial charge in [-0.15, -0.1) is 0 Å². The fraction of sp³-hybridized carbons (Fsp3) is 0.120. The Morgan fingerprint density at radius 2 is 1.34 bits per heavy atom. The van der Waals surface area contributed by atoms with Crippen LogP contribution in [0, 0.1) is 0 Å². The molecule has 0 saturated heterocycles. The number of hydrogen-bond donors (Lipinski definition) is 0. The van der Waals surface area contributed by atoms with E-state index in [2.05, 4.69) is 0 Å². The molecular weight excluding hydrogens is 427 g/mol. The van der Waals surface area contributed by atoms with E-state index in [0.717, 1.165) is 10.0 Å². The second-order valence-corrected chi connectivity index (χ2v) is 8.57. The van der Waals surface area contributed by atoms with Crippen LogP contribution in [0.4, 0.5) is 0 Å². The number of ketones is 1. The van der Waals surface area contributed by atoms with Crippen molar-refractivity contribution in [3.8, 4) is 0 Å². The standard InChI is InChI=1S/C25H22O3Se/c1-2-28-25(27)22(18-19-12-6-3-7-13-19)24(29-21-16-10-5-11-17-21)23(26)20-14-8-4-9-15-20/h3-17H,2,18H2,1H3/b24-22+. The Morgan fingerprint density at radius 1 is 0.793 bits per heavy atom. The quantitative estimate of drug-likeness (QED) is 0.226. The van der Waals surface area contributed by atoms with E-state index in [1.807, 2.05) is 78.9 Å². The molecule has 146 valence electrons. The Hall–Kier alpha value is -2.94. The second kappa shape index (κ2) is 10.6. The molecule has 0 aromatic heterocycles. The third-order valence-electron chi connectivity index (χ3n) is 4.22. The first kappa shape index (κ1) is 20.8. The molecule has 0 heterocycles. The third-order valence-corrected chi connectivity index (χ3v) is 6.62. The van der Waals surface area contributed by atoms with Crippen molar-refractivity contribution in [3.05, 3.63) is 112 Å². The van der Waals surface area contributed by atoms with Crippen LogP contribution in [-0.4, -0.2) is 33.3 Å². The number of ether oxygens (including phenoxy) is 1. The third kappa shape index (κ3) is 5.77. The van der Waals surface area contributed by atoms with Crippen molar-refractivity contribution < 1.29 is 14.3 Å². The van der Waals surface area contributed by atoms with E-state index in [4.69, 9.17) is 4.74 Å². The first-order valence-corrected chi connectivity index (χ1v) is 11.2. The molecule has 0 unspecified atom stereocenters. The van der Waals surface area contributed by atoms with Gasteiger partial charge < -0.3 is 0 Å². The Labute approximate surface area is 177 Å². The van der Waals surface area contributed by atoms with Crippen molar-refractivity contribution in [1.82, 2.24) is 0 Å². The van der Waals surface area contributed by atoms with Gasteiger partial charge in [-0.2, -0.15) is 0 Å². The molecule has 0 N–H and O–H groups in total. The number of rotatable bonds is 8. The number of esters is 1. The average Bonchev–Trinajstić information content (AvgIpc) is 2.78. The van der Waals surface area contributed by atoms with Crippen LogP contribution in [0.2, 0.25) is 0 Å². The number of Topliss-reactive ketones (excluding diaryl/α,β-unsaturated/α-hetero) is 1. The van der Waals surface area contributed by atoms with Crippen LogP contribution in [0.5, 0.6) is 0 Å². The molecule has 0 bridgehead atoms. The van der Waals surface area contributed by atoms with Crippen molar-refractivity contribution >= 4 is 31.2 Å². The van der Waals surface area contributed by atoms with Crippen LogP contribution in [0.25, 0.3) is 0 Å². The van der Waals surface area contributed by atoms with E-state index in [-0.39, 0.29) is 27.3 Å². The Morgan fingerprint density at radius 3 is 1.93 bits per heavy atom. The topological polar surface area (TPSA) is 43.4 Å². The van der Waals surface area contributed by atoms with Gasteiger partial charge in [0, 0.05) is 0 Å². The van der Waals surface area contributed by atoms with E-state index < -0.39 is 5.97 Å². The molecule has 0 aliphatic carbocycles. The van der Waals surface area contributed by atoms with E-state index >= 15 is 0 Å². The summed E-state index contributed by atoms with van der Waals surface area (Å²) in [4.78, 5) is 26.3. The van der Waals surface area contributed by atoms with Crippen LogP contribution in [0.3, 0.4) is 0 Å². The summed E-state index contributed by atoms with van der Waals surface area (Å²) in [5.41, 5.74) is 1.99. The first-order chi connectivity index (χ1) is 14.2. The zero-order chi connectivity index (χ0) is 20.5. The maximum absolute atomic E-state index is 13.4. The van der Waals surface area contributed by atoms with Crippen LogP contribution in [-0.2, 0) is 16.0 Å². The summed E-state index contributed by atoms with van der Waals surface area (Å²) in [5, 5.41) is 0. The molecule has 0 aliphatic rings. The van der Waals surface area contributed by atoms with Crippen LogP contribution >= 0.6 is 0 Å². The monoisotopic (exact) mass is 450 g/mol. The second-order valence-electron chi connectivity index (χ2n) is 6.30. The molecule has 0 amide bonds. The minimum absolute atomic E-state index is 0.117. The minimum atomic E-state index is -0.423. The maximum atomic E-state index is 13.4. The number of benzene rings is 3. The predicted molar refractivity (Wildman–Crippen MR) is 116 cm³/mol. The molecule has 3 rings (SSSR count). The Kier molecular flexibility index (Phi) is 7.57. The summed E-state index contributed by atoms with van der Waals surface area (Å²) in [5.74, 6) is -0.540. The summed E-state index contributed by atoms with van der Waals surface area (Å²) < 4.78 is 6.92. The summed E-state index contributed by atoms with van der Waals surface area (Å²) in [7, 11) is 0. The molecule has 0 atom stereocenters. The van der Waals surface area contributed by atoms with E-state index in [9.17, 15) is 9.59 Å². The van der Waals surface area contributed by atoms with E-state index in [0.29, 0.717) is 22.0 Å². The molecule has 3 nitrogen and oxygen atoms in total. The van der Waals surface area contributed by atoms with Gasteiger partial charge in [0.25, 0.3) is 0 Å². The van der Waals surface area contributed by atoms with Crippen LogP contribution in [0.1, 0.15) is 22.8 Å². The SMILES string of the molecule is CCOC(=O)/C(Cc1ccccc1)=C(/[Se]c1ccccc1)C(=O)c1ccccc1. The fourth-order valence-electron chi connectivity index (χ4n) is 2.84.